The van der Waals surface area contributed by atoms with Gasteiger partial charge in [0.05, 0.1) is 5.02 Å². The van der Waals surface area contributed by atoms with E-state index >= 15 is 0 Å². The molecule has 0 spiro atoms. The summed E-state index contributed by atoms with van der Waals surface area (Å²) in [6.07, 6.45) is 0. The highest BCUT2D eigenvalue weighted by Crippen LogP contribution is 2.22. The molecule has 0 radical (unpaired) electrons. The Morgan fingerprint density at radius 1 is 1.58 bits per heavy atom. The third-order valence-electron chi connectivity index (χ3n) is 1.28. The third kappa shape index (κ3) is 1.97. The Bertz CT molecular complexity index is 316. The van der Waals surface area contributed by atoms with E-state index in [9.17, 15) is 4.79 Å². The molecule has 3 nitrogen and oxygen atoms in total. The van der Waals surface area contributed by atoms with E-state index in [1.54, 1.807) is 12.1 Å². The molecular formula is C7H5BrClNO2. The average Bonchev–Trinajstić information content (AvgIpc) is 2.08. The summed E-state index contributed by atoms with van der Waals surface area (Å²) in [5, 5.41) is 8.72. The predicted octanol–water partition coefficient (Wildman–Crippen LogP) is 2.22. The normalized spacial score (nSPS) is 9.58. The summed E-state index contributed by atoms with van der Waals surface area (Å²) in [4.78, 5) is 10.8. The van der Waals surface area contributed by atoms with Gasteiger partial charge in [-0.05, 0) is 34.1 Å². The Hall–Kier alpha value is -0.580. The maximum Gasteiger partial charge on any atom is 0.274 e. The first-order valence-electron chi connectivity index (χ1n) is 3.04. The summed E-state index contributed by atoms with van der Waals surface area (Å²) in [6, 6.07) is 4.63. The first kappa shape index (κ1) is 9.51. The van der Waals surface area contributed by atoms with Gasteiger partial charge in [0.1, 0.15) is 0 Å². The number of carbonyl (C=O) groups excluding carboxylic acids is 1. The Labute approximate surface area is 82.4 Å². The van der Waals surface area contributed by atoms with Gasteiger partial charge in [0.25, 0.3) is 5.91 Å². The number of carbonyl (C=O) groups is 1. The van der Waals surface area contributed by atoms with Crippen molar-refractivity contribution >= 4 is 33.4 Å². The Morgan fingerprint density at radius 3 is 2.75 bits per heavy atom. The van der Waals surface area contributed by atoms with Crippen molar-refractivity contribution in [3.63, 3.8) is 0 Å². The van der Waals surface area contributed by atoms with Gasteiger partial charge in [0, 0.05) is 10.0 Å². The van der Waals surface area contributed by atoms with E-state index in [0.29, 0.717) is 15.1 Å². The fraction of sp³-hybridized carbons (Fsp3) is 0. The van der Waals surface area contributed by atoms with E-state index in [0.717, 1.165) is 0 Å². The molecule has 0 saturated heterocycles. The number of hydrogen-bond acceptors (Lipinski definition) is 2. The smallest absolute Gasteiger partial charge is 0.274 e. The summed E-state index contributed by atoms with van der Waals surface area (Å²) >= 11 is 8.88. The van der Waals surface area contributed by atoms with Crippen LogP contribution in [0.15, 0.2) is 22.7 Å². The van der Waals surface area contributed by atoms with Crippen molar-refractivity contribution in [2.45, 2.75) is 0 Å². The van der Waals surface area contributed by atoms with Crippen LogP contribution in [0.1, 0.15) is 10.4 Å². The van der Waals surface area contributed by atoms with Gasteiger partial charge in [-0.1, -0.05) is 11.6 Å². The summed E-state index contributed by atoms with van der Waals surface area (Å²) < 4.78 is 0.707. The molecule has 1 rings (SSSR count). The first-order chi connectivity index (χ1) is 5.65. The molecule has 1 amide bonds. The highest BCUT2D eigenvalue weighted by Gasteiger charge is 2.05. The van der Waals surface area contributed by atoms with Gasteiger partial charge < -0.3 is 0 Å². The molecule has 0 aromatic heterocycles. The molecule has 0 aliphatic heterocycles. The maximum absolute atomic E-state index is 10.8. The number of hydroxylamine groups is 1. The molecule has 0 bridgehead atoms. The molecule has 0 saturated carbocycles. The topological polar surface area (TPSA) is 49.3 Å². The van der Waals surface area contributed by atoms with Gasteiger partial charge in [0.15, 0.2) is 0 Å². The average molecular weight is 250 g/mol. The van der Waals surface area contributed by atoms with Gasteiger partial charge in [-0.3, -0.25) is 10.0 Å². The molecular weight excluding hydrogens is 245 g/mol. The molecule has 0 unspecified atom stereocenters. The number of amides is 1. The van der Waals surface area contributed by atoms with Crippen molar-refractivity contribution in [1.29, 1.82) is 0 Å². The molecule has 1 aromatic rings. The van der Waals surface area contributed by atoms with Crippen molar-refractivity contribution in [1.82, 2.24) is 5.48 Å². The molecule has 0 heterocycles. The van der Waals surface area contributed by atoms with E-state index in [4.69, 9.17) is 16.8 Å². The number of halogens is 2. The zero-order valence-corrected chi connectivity index (χ0v) is 8.19. The lowest BCUT2D eigenvalue weighted by molar-refractivity contribution is 0.0706. The van der Waals surface area contributed by atoms with Crippen molar-refractivity contribution in [2.24, 2.45) is 0 Å². The van der Waals surface area contributed by atoms with E-state index in [1.165, 1.54) is 11.5 Å². The van der Waals surface area contributed by atoms with Gasteiger partial charge in [0.2, 0.25) is 0 Å². The van der Waals surface area contributed by atoms with E-state index in [-0.39, 0.29) is 0 Å². The largest absolute Gasteiger partial charge is 0.288 e. The Balaban J connectivity index is 3.05. The minimum atomic E-state index is -0.579. The monoisotopic (exact) mass is 249 g/mol. The second kappa shape index (κ2) is 3.89. The summed E-state index contributed by atoms with van der Waals surface area (Å²) in [5.74, 6) is -0.579. The van der Waals surface area contributed by atoms with Gasteiger partial charge in [-0.2, -0.15) is 0 Å². The van der Waals surface area contributed by atoms with Crippen molar-refractivity contribution < 1.29 is 10.0 Å². The van der Waals surface area contributed by atoms with Gasteiger partial charge >= 0.3 is 0 Å². The second-order valence-corrected chi connectivity index (χ2v) is 3.33. The number of hydrogen-bond donors (Lipinski definition) is 2. The molecule has 0 fully saturated rings. The highest BCUT2D eigenvalue weighted by atomic mass is 79.9. The SMILES string of the molecule is O=C(NO)c1ccc(Br)c(Cl)c1. The predicted molar refractivity (Wildman–Crippen MR) is 48.4 cm³/mol. The minimum absolute atomic E-state index is 0.311. The molecule has 0 aliphatic rings. The van der Waals surface area contributed by atoms with Crippen LogP contribution in [0.5, 0.6) is 0 Å². The number of benzene rings is 1. The van der Waals surface area contributed by atoms with E-state index < -0.39 is 5.91 Å². The standard InChI is InChI=1S/C7H5BrClNO2/c8-5-2-1-4(3-6(5)9)7(11)10-12/h1-3,12H,(H,10,11). The number of rotatable bonds is 1. The summed E-state index contributed by atoms with van der Waals surface area (Å²) in [6.45, 7) is 0. The van der Waals surface area contributed by atoms with Crippen LogP contribution in [0.4, 0.5) is 0 Å². The Kier molecular flexibility index (Phi) is 3.08. The quantitative estimate of drug-likeness (QED) is 0.593. The Morgan fingerprint density at radius 2 is 2.25 bits per heavy atom. The van der Waals surface area contributed by atoms with Gasteiger partial charge in [-0.25, -0.2) is 5.48 Å². The van der Waals surface area contributed by atoms with E-state index in [1.807, 2.05) is 0 Å². The van der Waals surface area contributed by atoms with Crippen LogP contribution in [0.3, 0.4) is 0 Å². The molecule has 2 N–H and O–H groups in total. The van der Waals surface area contributed by atoms with Crippen LogP contribution in [0.25, 0.3) is 0 Å². The number of nitrogens with one attached hydrogen (secondary N) is 1. The molecule has 0 atom stereocenters. The molecule has 64 valence electrons. The molecule has 0 aliphatic carbocycles. The zero-order chi connectivity index (χ0) is 9.14. The minimum Gasteiger partial charge on any atom is -0.288 e. The van der Waals surface area contributed by atoms with Crippen LogP contribution in [-0.2, 0) is 0 Å². The maximum atomic E-state index is 10.8. The third-order valence-corrected chi connectivity index (χ3v) is 2.52. The van der Waals surface area contributed by atoms with Crippen molar-refractivity contribution in [3.05, 3.63) is 33.3 Å². The van der Waals surface area contributed by atoms with Crippen molar-refractivity contribution in [2.75, 3.05) is 0 Å². The summed E-state index contributed by atoms with van der Waals surface area (Å²) in [5.41, 5.74) is 1.83. The van der Waals surface area contributed by atoms with Crippen molar-refractivity contribution in [3.8, 4) is 0 Å². The zero-order valence-electron chi connectivity index (χ0n) is 5.84. The van der Waals surface area contributed by atoms with Crippen LogP contribution in [0, 0.1) is 0 Å². The second-order valence-electron chi connectivity index (χ2n) is 2.07. The van der Waals surface area contributed by atoms with Gasteiger partial charge in [-0.15, -0.1) is 0 Å². The fourth-order valence-corrected chi connectivity index (χ4v) is 1.13. The van der Waals surface area contributed by atoms with Crippen LogP contribution < -0.4 is 5.48 Å². The molecule has 12 heavy (non-hydrogen) atoms. The lowest BCUT2D eigenvalue weighted by atomic mass is 10.2. The lowest BCUT2D eigenvalue weighted by Crippen LogP contribution is -2.18. The van der Waals surface area contributed by atoms with Crippen LogP contribution in [0.2, 0.25) is 5.02 Å². The lowest BCUT2D eigenvalue weighted by Gasteiger charge is -1.99. The van der Waals surface area contributed by atoms with E-state index in [2.05, 4.69) is 15.9 Å². The first-order valence-corrected chi connectivity index (χ1v) is 4.21. The van der Waals surface area contributed by atoms with Crippen LogP contribution in [-0.4, -0.2) is 11.1 Å². The molecule has 5 heteroatoms. The molecule has 1 aromatic carbocycles. The fourth-order valence-electron chi connectivity index (χ4n) is 0.702. The summed E-state index contributed by atoms with van der Waals surface area (Å²) in [7, 11) is 0. The van der Waals surface area contributed by atoms with Crippen LogP contribution >= 0.6 is 27.5 Å². The highest BCUT2D eigenvalue weighted by molar-refractivity contribution is 9.10.